The molecule has 4 heteroatoms. The maximum Gasteiger partial charge on any atom is 0.137 e. The van der Waals surface area contributed by atoms with E-state index in [1.165, 1.54) is 0 Å². The van der Waals surface area contributed by atoms with Crippen LogP contribution in [-0.4, -0.2) is 30.7 Å². The average Bonchev–Trinajstić information content (AvgIpc) is 2.79. The molecule has 0 bridgehead atoms. The number of ketones is 1. The molecule has 4 saturated carbocycles. The highest BCUT2D eigenvalue weighted by atomic mass is 16.5. The molecule has 0 radical (unpaired) electrons. The van der Waals surface area contributed by atoms with E-state index in [-0.39, 0.29) is 56.9 Å². The lowest BCUT2D eigenvalue weighted by Gasteiger charge is -2.71. The molecule has 4 nitrogen and oxygen atoms in total. The molecule has 1 aliphatic heterocycles. The second-order valence-electron chi connectivity index (χ2n) is 15.8. The predicted octanol–water partition coefficient (Wildman–Crippen LogP) is 6.73. The van der Waals surface area contributed by atoms with Gasteiger partial charge in [0.25, 0.3) is 0 Å². The Kier molecular flexibility index (Phi) is 5.99. The van der Waals surface area contributed by atoms with Gasteiger partial charge in [-0.1, -0.05) is 54.5 Å². The number of hydrogen-bond donors (Lipinski definition) is 1. The average molecular weight is 496 g/mol. The number of nitrogens with zero attached hydrogens (tertiary/aromatic N) is 1. The zero-order valence-electron chi connectivity index (χ0n) is 23.9. The summed E-state index contributed by atoms with van der Waals surface area (Å²) in [6.45, 7) is 17.9. The van der Waals surface area contributed by atoms with Crippen LogP contribution in [-0.2, 0) is 9.53 Å². The van der Waals surface area contributed by atoms with Crippen molar-refractivity contribution in [3.63, 3.8) is 0 Å². The van der Waals surface area contributed by atoms with E-state index in [9.17, 15) is 15.2 Å². The second kappa shape index (κ2) is 8.16. The van der Waals surface area contributed by atoms with Crippen LogP contribution >= 0.6 is 0 Å². The van der Waals surface area contributed by atoms with Gasteiger partial charge in [0, 0.05) is 18.9 Å². The second-order valence-corrected chi connectivity index (χ2v) is 15.8. The van der Waals surface area contributed by atoms with Crippen molar-refractivity contribution in [1.82, 2.24) is 0 Å². The first-order valence-corrected chi connectivity index (χ1v) is 14.5. The Morgan fingerprint density at radius 1 is 1.00 bits per heavy atom. The molecule has 200 valence electrons. The lowest BCUT2D eigenvalue weighted by atomic mass is 9.32. The van der Waals surface area contributed by atoms with E-state index in [1.807, 2.05) is 0 Å². The normalized spacial score (nSPS) is 51.1. The Bertz CT molecular complexity index is 1010. The summed E-state index contributed by atoms with van der Waals surface area (Å²) in [5, 5.41) is 20.6. The highest BCUT2D eigenvalue weighted by Crippen LogP contribution is 2.75. The van der Waals surface area contributed by atoms with E-state index in [0.29, 0.717) is 31.3 Å². The number of nitriles is 1. The third-order valence-electron chi connectivity index (χ3n) is 13.0. The van der Waals surface area contributed by atoms with Crippen LogP contribution < -0.4 is 0 Å². The largest absolute Gasteiger partial charge is 0.396 e. The van der Waals surface area contributed by atoms with Gasteiger partial charge in [0.15, 0.2) is 0 Å². The zero-order valence-corrected chi connectivity index (χ0v) is 23.9. The highest BCUT2D eigenvalue weighted by Gasteiger charge is 2.71. The van der Waals surface area contributed by atoms with Crippen molar-refractivity contribution >= 4 is 5.78 Å². The van der Waals surface area contributed by atoms with E-state index >= 15 is 0 Å². The monoisotopic (exact) mass is 495 g/mol. The van der Waals surface area contributed by atoms with Gasteiger partial charge in [-0.15, -0.1) is 0 Å². The number of aliphatic hydroxyl groups is 1. The Hall–Kier alpha value is -1.18. The minimum atomic E-state index is -0.216. The first-order chi connectivity index (χ1) is 16.7. The van der Waals surface area contributed by atoms with Gasteiger partial charge in [-0.25, -0.2) is 0 Å². The molecule has 1 N–H and O–H groups in total. The number of carbonyl (C=O) groups is 1. The molecule has 5 rings (SSSR count). The van der Waals surface area contributed by atoms with Gasteiger partial charge in [-0.05, 0) is 95.2 Å². The Morgan fingerprint density at radius 2 is 1.69 bits per heavy atom. The fraction of sp³-hybridized carbons (Fsp3) is 0.875. The summed E-state index contributed by atoms with van der Waals surface area (Å²) < 4.78 is 6.00. The number of aliphatic hydroxyl groups excluding tert-OH is 1. The molecule has 2 unspecified atom stereocenters. The minimum Gasteiger partial charge on any atom is -0.396 e. The number of allylic oxidation sites excluding steroid dienone is 1. The van der Waals surface area contributed by atoms with Crippen LogP contribution in [0.1, 0.15) is 99.8 Å². The molecule has 8 atom stereocenters. The van der Waals surface area contributed by atoms with Crippen molar-refractivity contribution in [1.29, 1.82) is 5.26 Å². The van der Waals surface area contributed by atoms with Crippen LogP contribution in [0, 0.1) is 67.5 Å². The fourth-order valence-corrected chi connectivity index (χ4v) is 10.8. The van der Waals surface area contributed by atoms with E-state index in [2.05, 4.69) is 60.6 Å². The molecule has 0 aromatic carbocycles. The molecule has 1 heterocycles. The summed E-state index contributed by atoms with van der Waals surface area (Å²) in [5.74, 6) is 1.33. The lowest BCUT2D eigenvalue weighted by Crippen LogP contribution is -2.68. The van der Waals surface area contributed by atoms with Crippen LogP contribution in [0.15, 0.2) is 11.6 Å². The first kappa shape index (κ1) is 26.4. The summed E-state index contributed by atoms with van der Waals surface area (Å²) in [6, 6.07) is 2.42. The third-order valence-corrected chi connectivity index (χ3v) is 13.0. The summed E-state index contributed by atoms with van der Waals surface area (Å²) in [4.78, 5) is 14.4. The fourth-order valence-electron chi connectivity index (χ4n) is 10.8. The number of Topliss-reactive ketones (excluding diaryl/α,β-unsaturated/α-hetero) is 1. The standard InChI is InChI=1S/C32H49NO3/c1-27(2)10-12-32(19-34)13-11-31(7)26(22(32)16-27)23(35)14-25-29(5)15-21(17-33)18-36-20-28(3,4)24(29)8-9-30(25,31)6/h15,22,24-26,34H,8-14,16,18-20H2,1-7H3/b21-15-/t22?,24-,25+,26?,29-,30+,31+,32+/m0/s1. The molecule has 0 aromatic rings. The Labute approximate surface area is 219 Å². The van der Waals surface area contributed by atoms with Crippen LogP contribution in [0.5, 0.6) is 0 Å². The van der Waals surface area contributed by atoms with E-state index in [4.69, 9.17) is 4.74 Å². The van der Waals surface area contributed by atoms with Gasteiger partial charge in [-0.3, -0.25) is 4.79 Å². The van der Waals surface area contributed by atoms with Crippen molar-refractivity contribution in [2.75, 3.05) is 19.8 Å². The molecule has 4 aliphatic carbocycles. The smallest absolute Gasteiger partial charge is 0.137 e. The molecule has 36 heavy (non-hydrogen) atoms. The van der Waals surface area contributed by atoms with Crippen molar-refractivity contribution in [2.45, 2.75) is 99.8 Å². The maximum absolute atomic E-state index is 14.4. The van der Waals surface area contributed by atoms with Gasteiger partial charge in [-0.2, -0.15) is 5.26 Å². The molecule has 0 saturated heterocycles. The van der Waals surface area contributed by atoms with Gasteiger partial charge < -0.3 is 9.84 Å². The van der Waals surface area contributed by atoms with E-state index in [0.717, 1.165) is 50.5 Å². The number of rotatable bonds is 1. The summed E-state index contributed by atoms with van der Waals surface area (Å²) in [6.07, 6.45) is 10.4. The lowest BCUT2D eigenvalue weighted by molar-refractivity contribution is -0.228. The zero-order chi connectivity index (χ0) is 26.4. The van der Waals surface area contributed by atoms with Crippen LogP contribution in [0.25, 0.3) is 0 Å². The molecular formula is C32H49NO3. The number of ether oxygens (including phenoxy) is 1. The van der Waals surface area contributed by atoms with Gasteiger partial charge in [0.05, 0.1) is 24.9 Å². The molecule has 0 spiro atoms. The first-order valence-electron chi connectivity index (χ1n) is 14.5. The van der Waals surface area contributed by atoms with Crippen molar-refractivity contribution in [3.05, 3.63) is 11.6 Å². The molecule has 0 amide bonds. The van der Waals surface area contributed by atoms with Gasteiger partial charge >= 0.3 is 0 Å². The van der Waals surface area contributed by atoms with Crippen molar-refractivity contribution in [3.8, 4) is 6.07 Å². The van der Waals surface area contributed by atoms with E-state index < -0.39 is 0 Å². The maximum atomic E-state index is 14.4. The molecule has 0 aromatic heterocycles. The Balaban J connectivity index is 1.63. The predicted molar refractivity (Wildman–Crippen MR) is 142 cm³/mol. The molecule has 5 aliphatic rings. The minimum absolute atomic E-state index is 0.0135. The molecule has 4 fully saturated rings. The summed E-state index contributed by atoms with van der Waals surface area (Å²) in [5.41, 5.74) is 0.560. The molecular weight excluding hydrogens is 446 g/mol. The van der Waals surface area contributed by atoms with Crippen molar-refractivity contribution < 1.29 is 14.6 Å². The summed E-state index contributed by atoms with van der Waals surface area (Å²) >= 11 is 0. The van der Waals surface area contributed by atoms with Crippen LogP contribution in [0.3, 0.4) is 0 Å². The number of fused-ring (bicyclic) bond motifs is 7. The number of hydrogen-bond acceptors (Lipinski definition) is 4. The topological polar surface area (TPSA) is 70.3 Å². The summed E-state index contributed by atoms with van der Waals surface area (Å²) in [7, 11) is 0. The van der Waals surface area contributed by atoms with Gasteiger partial charge in [0.1, 0.15) is 5.78 Å². The third kappa shape index (κ3) is 3.47. The Morgan fingerprint density at radius 3 is 2.36 bits per heavy atom. The number of carbonyl (C=O) groups excluding carboxylic acids is 1. The quantitative estimate of drug-likeness (QED) is 0.438. The van der Waals surface area contributed by atoms with Crippen LogP contribution in [0.2, 0.25) is 0 Å². The van der Waals surface area contributed by atoms with Crippen LogP contribution in [0.4, 0.5) is 0 Å². The van der Waals surface area contributed by atoms with Crippen molar-refractivity contribution in [2.24, 2.45) is 56.2 Å². The SMILES string of the molecule is CC1(C)CC[C@]2(CO)CC[C@]3(C)C(C(=O)C[C@@H]4[C@@]5(C)/C=C(/C#N)COCC(C)(C)[C@@H]5CC[C@]43C)C2C1. The van der Waals surface area contributed by atoms with E-state index in [1.54, 1.807) is 0 Å². The van der Waals surface area contributed by atoms with Gasteiger partial charge in [0.2, 0.25) is 0 Å². The highest BCUT2D eigenvalue weighted by molar-refractivity contribution is 5.84.